The minimum Gasteiger partial charge on any atom is -0.611 e. The SMILES string of the molecule is Cc1cccc([NH+]([O-])S(=O)(=O)c2ccc(N)cc2)n1. The predicted molar refractivity (Wildman–Crippen MR) is 71.0 cm³/mol. The quantitative estimate of drug-likeness (QED) is 0.624. The van der Waals surface area contributed by atoms with Gasteiger partial charge in [0.1, 0.15) is 4.90 Å². The van der Waals surface area contributed by atoms with E-state index < -0.39 is 14.5 Å². The number of rotatable bonds is 3. The van der Waals surface area contributed by atoms with E-state index in [1.54, 1.807) is 19.1 Å². The standard InChI is InChI=1S/C12H13N3O3S/c1-9-3-2-4-12(14-9)15(16)19(17,18)11-7-5-10(13)6-8-11/h2-8,15H,13H2,1H3. The molecule has 0 bridgehead atoms. The third-order valence-electron chi connectivity index (χ3n) is 2.53. The number of hydrogen-bond donors (Lipinski definition) is 2. The average Bonchev–Trinajstić information content (AvgIpc) is 2.38. The van der Waals surface area contributed by atoms with E-state index in [2.05, 4.69) is 4.98 Å². The zero-order chi connectivity index (χ0) is 14.0. The van der Waals surface area contributed by atoms with E-state index in [9.17, 15) is 13.6 Å². The highest BCUT2D eigenvalue weighted by Crippen LogP contribution is 2.11. The summed E-state index contributed by atoms with van der Waals surface area (Å²) >= 11 is 0. The van der Waals surface area contributed by atoms with Gasteiger partial charge in [-0.25, -0.2) is 9.45 Å². The van der Waals surface area contributed by atoms with Crippen LogP contribution in [-0.2, 0) is 10.0 Å². The van der Waals surface area contributed by atoms with E-state index >= 15 is 0 Å². The molecule has 1 aromatic heterocycles. The van der Waals surface area contributed by atoms with Crippen LogP contribution in [0.25, 0.3) is 0 Å². The first-order valence-electron chi connectivity index (χ1n) is 5.50. The molecule has 0 aliphatic heterocycles. The van der Waals surface area contributed by atoms with E-state index in [1.807, 2.05) is 0 Å². The molecule has 1 unspecified atom stereocenters. The molecule has 0 radical (unpaired) electrons. The van der Waals surface area contributed by atoms with Crippen LogP contribution in [-0.4, -0.2) is 13.4 Å². The fourth-order valence-corrected chi connectivity index (χ4v) is 2.65. The maximum Gasteiger partial charge on any atom is 0.331 e. The van der Waals surface area contributed by atoms with Gasteiger partial charge < -0.3 is 10.9 Å². The Balaban J connectivity index is 2.42. The van der Waals surface area contributed by atoms with Crippen molar-refractivity contribution < 1.29 is 12.9 Å². The van der Waals surface area contributed by atoms with Crippen LogP contribution in [0.2, 0.25) is 0 Å². The molecule has 19 heavy (non-hydrogen) atoms. The van der Waals surface area contributed by atoms with Gasteiger partial charge in [-0.1, -0.05) is 6.07 Å². The highest BCUT2D eigenvalue weighted by Gasteiger charge is 2.24. The lowest BCUT2D eigenvalue weighted by Crippen LogP contribution is -3.04. The van der Waals surface area contributed by atoms with E-state index in [1.165, 1.54) is 30.3 Å². The van der Waals surface area contributed by atoms with Gasteiger partial charge in [0.15, 0.2) is 0 Å². The molecular weight excluding hydrogens is 266 g/mol. The molecule has 0 fully saturated rings. The lowest BCUT2D eigenvalue weighted by molar-refractivity contribution is -0.628. The molecule has 0 spiro atoms. The number of benzene rings is 1. The number of quaternary nitrogens is 1. The van der Waals surface area contributed by atoms with E-state index in [-0.39, 0.29) is 10.7 Å². The zero-order valence-corrected chi connectivity index (χ0v) is 11.0. The summed E-state index contributed by atoms with van der Waals surface area (Å²) in [6, 6.07) is 10.1. The van der Waals surface area contributed by atoms with Gasteiger partial charge in [0.2, 0.25) is 5.82 Å². The van der Waals surface area contributed by atoms with Gasteiger partial charge in [-0.15, -0.1) is 0 Å². The van der Waals surface area contributed by atoms with Crippen LogP contribution in [0.5, 0.6) is 0 Å². The van der Waals surface area contributed by atoms with Crippen molar-refractivity contribution in [1.29, 1.82) is 0 Å². The third kappa shape index (κ3) is 2.73. The lowest BCUT2D eigenvalue weighted by Gasteiger charge is -2.19. The lowest BCUT2D eigenvalue weighted by atomic mass is 10.3. The largest absolute Gasteiger partial charge is 0.611 e. The number of pyridine rings is 1. The van der Waals surface area contributed by atoms with Crippen molar-refractivity contribution in [2.45, 2.75) is 11.8 Å². The smallest absolute Gasteiger partial charge is 0.331 e. The molecule has 0 aliphatic rings. The van der Waals surface area contributed by atoms with Gasteiger partial charge in [-0.05, 0) is 37.3 Å². The van der Waals surface area contributed by atoms with Crippen molar-refractivity contribution in [2.75, 3.05) is 5.73 Å². The average molecular weight is 279 g/mol. The summed E-state index contributed by atoms with van der Waals surface area (Å²) in [4.78, 5) is 3.84. The highest BCUT2D eigenvalue weighted by molar-refractivity contribution is 7.85. The van der Waals surface area contributed by atoms with Crippen LogP contribution in [0.4, 0.5) is 11.5 Å². The van der Waals surface area contributed by atoms with Gasteiger partial charge in [0, 0.05) is 17.4 Å². The maximum atomic E-state index is 12.1. The van der Waals surface area contributed by atoms with Crippen LogP contribution in [0.15, 0.2) is 47.4 Å². The number of anilines is 1. The highest BCUT2D eigenvalue weighted by atomic mass is 32.2. The molecular formula is C12H13N3O3S. The van der Waals surface area contributed by atoms with Crippen LogP contribution < -0.4 is 10.2 Å². The van der Waals surface area contributed by atoms with Gasteiger partial charge >= 0.3 is 10.0 Å². The van der Waals surface area contributed by atoms with Gasteiger partial charge in [0.05, 0.1) is 0 Å². The second-order valence-corrected chi connectivity index (χ2v) is 5.87. The Morgan fingerprint density at radius 3 is 2.37 bits per heavy atom. The van der Waals surface area contributed by atoms with Crippen molar-refractivity contribution in [1.82, 2.24) is 4.98 Å². The zero-order valence-electron chi connectivity index (χ0n) is 10.2. The van der Waals surface area contributed by atoms with Crippen molar-refractivity contribution in [2.24, 2.45) is 0 Å². The number of sulfonamides is 1. The summed E-state index contributed by atoms with van der Waals surface area (Å²) in [5.74, 6) is -0.0863. The van der Waals surface area contributed by atoms with Crippen LogP contribution in [0.1, 0.15) is 5.69 Å². The first kappa shape index (κ1) is 13.5. The van der Waals surface area contributed by atoms with E-state index in [4.69, 9.17) is 5.73 Å². The normalized spacial score (nSPS) is 13.2. The second-order valence-electron chi connectivity index (χ2n) is 4.02. The number of nitrogen functional groups attached to an aromatic ring is 1. The number of aryl methyl sites for hydroxylation is 1. The molecule has 0 aliphatic carbocycles. The van der Waals surface area contributed by atoms with Gasteiger partial charge in [-0.2, -0.15) is 8.42 Å². The Morgan fingerprint density at radius 1 is 1.16 bits per heavy atom. The molecule has 2 rings (SSSR count). The Bertz CT molecular complexity index is 684. The Labute approximate surface area is 111 Å². The Hall–Kier alpha value is -1.96. The van der Waals surface area contributed by atoms with Crippen molar-refractivity contribution in [3.8, 4) is 0 Å². The molecule has 0 saturated carbocycles. The molecule has 0 saturated heterocycles. The topological polar surface area (TPSA) is 101 Å². The Morgan fingerprint density at radius 2 is 1.79 bits per heavy atom. The minimum atomic E-state index is -4.08. The summed E-state index contributed by atoms with van der Waals surface area (Å²) < 4.78 is 23.2. The van der Waals surface area contributed by atoms with Gasteiger partial charge in [-0.3, -0.25) is 0 Å². The molecule has 1 atom stereocenters. The molecule has 6 nitrogen and oxygen atoms in total. The van der Waals surface area contributed by atoms with Crippen molar-refractivity contribution in [3.63, 3.8) is 0 Å². The first-order chi connectivity index (χ1) is 8.91. The number of nitrogens with one attached hydrogen (secondary N) is 1. The molecule has 3 N–H and O–H groups in total. The van der Waals surface area contributed by atoms with E-state index in [0.29, 0.717) is 11.4 Å². The minimum absolute atomic E-state index is 0.0863. The number of nitrogens with two attached hydrogens (primary N) is 1. The fourth-order valence-electron chi connectivity index (χ4n) is 1.55. The van der Waals surface area contributed by atoms with Crippen LogP contribution in [0, 0.1) is 12.1 Å². The number of hydrogen-bond acceptors (Lipinski definition) is 5. The third-order valence-corrected chi connectivity index (χ3v) is 4.12. The summed E-state index contributed by atoms with van der Waals surface area (Å²) in [7, 11) is -4.08. The summed E-state index contributed by atoms with van der Waals surface area (Å²) in [5, 5.41) is 12.0. The molecule has 1 heterocycles. The number of nitrogens with zero attached hydrogens (tertiary/aromatic N) is 1. The predicted octanol–water partition coefficient (Wildman–Crippen LogP) is 0.375. The van der Waals surface area contributed by atoms with Crippen LogP contribution in [0.3, 0.4) is 0 Å². The molecule has 0 amide bonds. The van der Waals surface area contributed by atoms with Crippen molar-refractivity contribution >= 4 is 21.5 Å². The Kier molecular flexibility index (Phi) is 3.52. The summed E-state index contributed by atoms with van der Waals surface area (Å²) in [6.07, 6.45) is 0. The summed E-state index contributed by atoms with van der Waals surface area (Å²) in [6.45, 7) is 1.69. The number of aromatic nitrogens is 1. The molecule has 2 aromatic rings. The monoisotopic (exact) mass is 279 g/mol. The fraction of sp³-hybridized carbons (Fsp3) is 0.0833. The molecule has 100 valence electrons. The molecule has 1 aromatic carbocycles. The van der Waals surface area contributed by atoms with E-state index in [0.717, 1.165) is 0 Å². The molecule has 7 heteroatoms. The maximum absolute atomic E-state index is 12.1. The van der Waals surface area contributed by atoms with Gasteiger partial charge in [0.25, 0.3) is 0 Å². The summed E-state index contributed by atoms with van der Waals surface area (Å²) in [5.41, 5.74) is 6.50. The van der Waals surface area contributed by atoms with Crippen molar-refractivity contribution in [3.05, 3.63) is 53.4 Å². The first-order valence-corrected chi connectivity index (χ1v) is 6.98. The van der Waals surface area contributed by atoms with Crippen LogP contribution >= 0.6 is 0 Å². The second kappa shape index (κ2) is 4.96.